The number of fused-ring (bicyclic) bond motifs is 4. The van der Waals surface area contributed by atoms with Gasteiger partial charge in [0.1, 0.15) is 0 Å². The van der Waals surface area contributed by atoms with Crippen molar-refractivity contribution in [1.29, 1.82) is 0 Å². The maximum Gasteiger partial charge on any atom is 0.259 e. The summed E-state index contributed by atoms with van der Waals surface area (Å²) >= 11 is 1.66. The van der Waals surface area contributed by atoms with Gasteiger partial charge >= 0.3 is 0 Å². The molecule has 2 aromatic rings. The summed E-state index contributed by atoms with van der Waals surface area (Å²) in [7, 11) is 2.23. The fourth-order valence-corrected chi connectivity index (χ4v) is 6.00. The van der Waals surface area contributed by atoms with E-state index >= 15 is 0 Å². The second kappa shape index (κ2) is 6.63. The Morgan fingerprint density at radius 1 is 1.08 bits per heavy atom. The molecule has 0 amide bonds. The molecule has 2 fully saturated rings. The van der Waals surface area contributed by atoms with Crippen molar-refractivity contribution in [1.82, 2.24) is 14.4 Å². The standard InChI is InChI=1S/C21H27N3OS/c1-22-8-6-17(7-9-22)23-12-15-11-16(14-23)19-5-4-18(20-3-2-10-26-20)21(25)24(19)13-15/h2-5,10,15-17H,6-9,11-14H2,1H3/t15-,16+/m0/s1. The number of thiophene rings is 1. The highest BCUT2D eigenvalue weighted by Gasteiger charge is 2.37. The summed E-state index contributed by atoms with van der Waals surface area (Å²) in [5, 5.41) is 2.05. The van der Waals surface area contributed by atoms with Crippen molar-refractivity contribution >= 4 is 11.3 Å². The molecule has 5 heterocycles. The van der Waals surface area contributed by atoms with Crippen LogP contribution in [0.3, 0.4) is 0 Å². The van der Waals surface area contributed by atoms with E-state index in [-0.39, 0.29) is 5.56 Å². The molecule has 0 unspecified atom stereocenters. The Morgan fingerprint density at radius 3 is 2.69 bits per heavy atom. The maximum atomic E-state index is 13.1. The fraction of sp³-hybridized carbons (Fsp3) is 0.571. The minimum absolute atomic E-state index is 0.215. The van der Waals surface area contributed by atoms with Gasteiger partial charge in [-0.3, -0.25) is 9.69 Å². The average Bonchev–Trinajstić information content (AvgIpc) is 3.17. The Hall–Kier alpha value is -1.43. The fourth-order valence-electron chi connectivity index (χ4n) is 5.26. The Balaban J connectivity index is 1.43. The molecule has 0 aromatic carbocycles. The molecule has 26 heavy (non-hydrogen) atoms. The van der Waals surface area contributed by atoms with Gasteiger partial charge in [0, 0.05) is 42.2 Å². The first-order valence-electron chi connectivity index (χ1n) is 9.89. The molecule has 3 aliphatic heterocycles. The van der Waals surface area contributed by atoms with Gasteiger partial charge in [-0.05, 0) is 68.9 Å². The summed E-state index contributed by atoms with van der Waals surface area (Å²) in [6, 6.07) is 9.11. The van der Waals surface area contributed by atoms with Crippen LogP contribution in [0.5, 0.6) is 0 Å². The summed E-state index contributed by atoms with van der Waals surface area (Å²) in [6.45, 7) is 5.63. The third kappa shape index (κ3) is 2.86. The van der Waals surface area contributed by atoms with Crippen LogP contribution in [-0.2, 0) is 6.54 Å². The molecule has 2 bridgehead atoms. The van der Waals surface area contributed by atoms with E-state index < -0.39 is 0 Å². The van der Waals surface area contributed by atoms with Gasteiger partial charge in [0.2, 0.25) is 0 Å². The van der Waals surface area contributed by atoms with Crippen molar-refractivity contribution in [3.63, 3.8) is 0 Å². The molecule has 0 spiro atoms. The van der Waals surface area contributed by atoms with E-state index in [0.717, 1.165) is 29.6 Å². The summed E-state index contributed by atoms with van der Waals surface area (Å²) in [4.78, 5) is 19.4. The lowest BCUT2D eigenvalue weighted by Crippen LogP contribution is -2.53. The maximum absolute atomic E-state index is 13.1. The number of nitrogens with zero attached hydrogens (tertiary/aromatic N) is 3. The first-order valence-corrected chi connectivity index (χ1v) is 10.8. The molecule has 0 N–H and O–H groups in total. The molecule has 0 saturated carbocycles. The van der Waals surface area contributed by atoms with Gasteiger partial charge in [-0.1, -0.05) is 6.07 Å². The molecule has 5 heteroatoms. The van der Waals surface area contributed by atoms with E-state index in [1.807, 2.05) is 11.4 Å². The highest BCUT2D eigenvalue weighted by atomic mass is 32.1. The zero-order chi connectivity index (χ0) is 17.7. The predicted octanol–water partition coefficient (Wildman–Crippen LogP) is 3.09. The van der Waals surface area contributed by atoms with Crippen molar-refractivity contribution < 1.29 is 0 Å². The number of hydrogen-bond donors (Lipinski definition) is 0. The normalized spacial score (nSPS) is 27.4. The number of hydrogen-bond acceptors (Lipinski definition) is 4. The van der Waals surface area contributed by atoms with Crippen LogP contribution in [0.25, 0.3) is 10.4 Å². The minimum Gasteiger partial charge on any atom is -0.311 e. The molecule has 4 nitrogen and oxygen atoms in total. The van der Waals surface area contributed by atoms with Gasteiger partial charge in [-0.25, -0.2) is 0 Å². The van der Waals surface area contributed by atoms with Gasteiger partial charge in [-0.2, -0.15) is 0 Å². The first kappa shape index (κ1) is 16.7. The molecule has 2 saturated heterocycles. The van der Waals surface area contributed by atoms with E-state index in [0.29, 0.717) is 11.8 Å². The van der Waals surface area contributed by atoms with Crippen molar-refractivity contribution in [2.75, 3.05) is 33.2 Å². The zero-order valence-corrected chi connectivity index (χ0v) is 16.3. The Bertz CT molecular complexity index is 835. The molecule has 0 radical (unpaired) electrons. The molecule has 3 aliphatic rings. The quantitative estimate of drug-likeness (QED) is 0.814. The SMILES string of the molecule is CN1CCC(N2C[C@@H]3C[C@H](C2)c2ccc(-c4cccs4)c(=O)n2C3)CC1. The topological polar surface area (TPSA) is 28.5 Å². The lowest BCUT2D eigenvalue weighted by molar-refractivity contribution is 0.0517. The van der Waals surface area contributed by atoms with Gasteiger partial charge in [0.25, 0.3) is 5.56 Å². The smallest absolute Gasteiger partial charge is 0.259 e. The summed E-state index contributed by atoms with van der Waals surface area (Å²) in [5.41, 5.74) is 2.35. The lowest BCUT2D eigenvalue weighted by Gasteiger charge is -2.47. The number of rotatable bonds is 2. The van der Waals surface area contributed by atoms with Crippen molar-refractivity contribution in [2.24, 2.45) is 5.92 Å². The van der Waals surface area contributed by atoms with Crippen LogP contribution in [0, 0.1) is 5.92 Å². The molecular weight excluding hydrogens is 342 g/mol. The van der Waals surface area contributed by atoms with Crippen LogP contribution in [0.4, 0.5) is 0 Å². The second-order valence-corrected chi connectivity index (χ2v) is 9.30. The number of aromatic nitrogens is 1. The summed E-state index contributed by atoms with van der Waals surface area (Å²) < 4.78 is 2.10. The largest absolute Gasteiger partial charge is 0.311 e. The molecule has 138 valence electrons. The third-order valence-electron chi connectivity index (χ3n) is 6.62. The number of likely N-dealkylation sites (tertiary alicyclic amines) is 2. The van der Waals surface area contributed by atoms with Crippen LogP contribution in [0.1, 0.15) is 30.9 Å². The van der Waals surface area contributed by atoms with Crippen LogP contribution < -0.4 is 5.56 Å². The zero-order valence-electron chi connectivity index (χ0n) is 15.4. The van der Waals surface area contributed by atoms with Gasteiger partial charge in [0.15, 0.2) is 0 Å². The van der Waals surface area contributed by atoms with E-state index in [9.17, 15) is 4.79 Å². The summed E-state index contributed by atoms with van der Waals surface area (Å²) in [5.74, 6) is 1.14. The van der Waals surface area contributed by atoms with Crippen LogP contribution >= 0.6 is 11.3 Å². The van der Waals surface area contributed by atoms with Gasteiger partial charge < -0.3 is 9.47 Å². The van der Waals surface area contributed by atoms with E-state index in [2.05, 4.69) is 39.6 Å². The molecular formula is C21H27N3OS. The molecule has 5 rings (SSSR count). The summed E-state index contributed by atoms with van der Waals surface area (Å²) in [6.07, 6.45) is 3.83. The van der Waals surface area contributed by atoms with Crippen molar-refractivity contribution in [3.05, 3.63) is 45.7 Å². The second-order valence-electron chi connectivity index (χ2n) is 8.35. The van der Waals surface area contributed by atoms with Crippen LogP contribution in [0.2, 0.25) is 0 Å². The van der Waals surface area contributed by atoms with E-state index in [4.69, 9.17) is 0 Å². The van der Waals surface area contributed by atoms with E-state index in [1.165, 1.54) is 44.6 Å². The van der Waals surface area contributed by atoms with Crippen molar-refractivity contribution in [3.8, 4) is 10.4 Å². The molecule has 2 aromatic heterocycles. The molecule has 2 atom stereocenters. The first-order chi connectivity index (χ1) is 12.7. The van der Waals surface area contributed by atoms with E-state index in [1.54, 1.807) is 11.3 Å². The third-order valence-corrected chi connectivity index (χ3v) is 7.53. The Labute approximate surface area is 159 Å². The van der Waals surface area contributed by atoms with Crippen LogP contribution in [-0.4, -0.2) is 53.6 Å². The highest BCUT2D eigenvalue weighted by molar-refractivity contribution is 7.13. The highest BCUT2D eigenvalue weighted by Crippen LogP contribution is 2.37. The predicted molar refractivity (Wildman–Crippen MR) is 107 cm³/mol. The van der Waals surface area contributed by atoms with Crippen LogP contribution in [0.15, 0.2) is 34.4 Å². The minimum atomic E-state index is 0.215. The Morgan fingerprint density at radius 2 is 1.92 bits per heavy atom. The van der Waals surface area contributed by atoms with Gasteiger partial charge in [-0.15, -0.1) is 11.3 Å². The monoisotopic (exact) mass is 369 g/mol. The molecule has 0 aliphatic carbocycles. The number of piperidine rings is 2. The Kier molecular flexibility index (Phi) is 4.26. The van der Waals surface area contributed by atoms with Gasteiger partial charge in [0.05, 0.1) is 5.56 Å². The average molecular weight is 370 g/mol. The number of pyridine rings is 1. The lowest BCUT2D eigenvalue weighted by atomic mass is 9.81. The van der Waals surface area contributed by atoms with Crippen molar-refractivity contribution in [2.45, 2.75) is 37.8 Å².